The topological polar surface area (TPSA) is 114 Å². The lowest BCUT2D eigenvalue weighted by atomic mass is 10.0. The molecule has 0 unspecified atom stereocenters. The van der Waals surface area contributed by atoms with Gasteiger partial charge in [-0.2, -0.15) is 0 Å². The summed E-state index contributed by atoms with van der Waals surface area (Å²) < 4.78 is 10.5. The lowest BCUT2D eigenvalue weighted by Crippen LogP contribution is -2.46. The number of nitrogens with one attached hydrogen (secondary N) is 3. The lowest BCUT2D eigenvalue weighted by Gasteiger charge is -2.36. The summed E-state index contributed by atoms with van der Waals surface area (Å²) in [5, 5.41) is 4.21. The molecule has 0 radical (unpaired) electrons. The number of hydrogen-bond donors (Lipinski definition) is 3. The van der Waals surface area contributed by atoms with Gasteiger partial charge in [0.1, 0.15) is 0 Å². The van der Waals surface area contributed by atoms with E-state index >= 15 is 0 Å². The number of hydrogen-bond acceptors (Lipinski definition) is 8. The molecule has 10 rings (SSSR count). The molecule has 0 atom stereocenters. The van der Waals surface area contributed by atoms with Gasteiger partial charge >= 0.3 is 11.5 Å². The first kappa shape index (κ1) is 39.7. The maximum Gasteiger partial charge on any atom is 0.417 e. The Bertz CT molecular complexity index is 2690. The van der Waals surface area contributed by atoms with E-state index in [9.17, 15) is 9.59 Å². The van der Waals surface area contributed by atoms with Gasteiger partial charge in [0.25, 0.3) is 0 Å². The minimum Gasteiger partial charge on any atom is -0.406 e. The van der Waals surface area contributed by atoms with E-state index < -0.39 is 11.5 Å². The first-order valence-corrected chi connectivity index (χ1v) is 21.1. The highest BCUT2D eigenvalue weighted by Crippen LogP contribution is 2.28. The van der Waals surface area contributed by atoms with Gasteiger partial charge in [0, 0.05) is 64.2 Å². The van der Waals surface area contributed by atoms with Crippen LogP contribution < -0.4 is 26.6 Å². The van der Waals surface area contributed by atoms with Crippen LogP contribution in [0.5, 0.6) is 0 Å². The molecule has 2 aromatic heterocycles. The number of anilines is 2. The number of H-pyrrole nitrogens is 2. The zero-order valence-electron chi connectivity index (χ0n) is 32.8. The van der Waals surface area contributed by atoms with Crippen molar-refractivity contribution in [3.63, 3.8) is 0 Å². The Balaban J connectivity index is 0.000000136. The van der Waals surface area contributed by atoms with Crippen LogP contribution in [0.2, 0.25) is 0 Å². The summed E-state index contributed by atoms with van der Waals surface area (Å²) in [6, 6.07) is 50.0. The standard InChI is InChI=1S/C24H23N3O2.C13H11Br.C11H13N3O2/c28-24-25-21-10-5-11-22(23(21)29-24)27-14-12-26(13-15-27)17-18-6-4-9-20(16-18)19-7-2-1-3-8-19;14-10-11-5-4-8-13(9-11)12-6-2-1-3-7-12;15-11-13-8-2-1-3-9(10(8)16-11)14-6-4-12-5-7-14/h1-11,16H,12-15,17H2,(H,25,28);1-9H,10H2;1-3,12H,4-7H2,(H,13,15). The summed E-state index contributed by atoms with van der Waals surface area (Å²) in [6.45, 7) is 8.51. The van der Waals surface area contributed by atoms with Crippen LogP contribution in [0.4, 0.5) is 11.4 Å². The van der Waals surface area contributed by atoms with E-state index in [1.54, 1.807) is 0 Å². The van der Waals surface area contributed by atoms with Crippen molar-refractivity contribution < 1.29 is 8.83 Å². The van der Waals surface area contributed by atoms with Gasteiger partial charge in [0.2, 0.25) is 0 Å². The van der Waals surface area contributed by atoms with Crippen molar-refractivity contribution >= 4 is 49.5 Å². The second-order valence-electron chi connectivity index (χ2n) is 14.6. The van der Waals surface area contributed by atoms with Gasteiger partial charge in [0.15, 0.2) is 11.2 Å². The van der Waals surface area contributed by atoms with Gasteiger partial charge < -0.3 is 24.0 Å². The fraction of sp³-hybridized carbons (Fsp3) is 0.208. The van der Waals surface area contributed by atoms with Crippen LogP contribution in [0.3, 0.4) is 0 Å². The second-order valence-corrected chi connectivity index (χ2v) is 15.2. The summed E-state index contributed by atoms with van der Waals surface area (Å²) in [4.78, 5) is 35.2. The van der Waals surface area contributed by atoms with E-state index in [0.717, 1.165) is 86.6 Å². The predicted molar refractivity (Wildman–Crippen MR) is 243 cm³/mol. The molecular weight excluding hydrogens is 804 g/mol. The van der Waals surface area contributed by atoms with Crippen molar-refractivity contribution in [2.24, 2.45) is 0 Å². The van der Waals surface area contributed by atoms with Crippen molar-refractivity contribution in [2.75, 3.05) is 62.2 Å². The Hall–Kier alpha value is -6.14. The predicted octanol–water partition coefficient (Wildman–Crippen LogP) is 8.89. The van der Waals surface area contributed by atoms with Gasteiger partial charge in [-0.05, 0) is 63.7 Å². The van der Waals surface area contributed by atoms with Crippen molar-refractivity contribution in [1.82, 2.24) is 20.2 Å². The van der Waals surface area contributed by atoms with Crippen molar-refractivity contribution in [1.29, 1.82) is 0 Å². The number of halogens is 1. The van der Waals surface area contributed by atoms with E-state index in [0.29, 0.717) is 11.2 Å². The Morgan fingerprint density at radius 1 is 0.492 bits per heavy atom. The number of aromatic nitrogens is 2. The Labute approximate surface area is 351 Å². The average molecular weight is 852 g/mol. The number of nitrogens with zero attached hydrogens (tertiary/aromatic N) is 3. The highest BCUT2D eigenvalue weighted by atomic mass is 79.9. The summed E-state index contributed by atoms with van der Waals surface area (Å²) in [5.41, 5.74) is 12.5. The Morgan fingerprint density at radius 2 is 0.949 bits per heavy atom. The zero-order valence-corrected chi connectivity index (χ0v) is 34.4. The summed E-state index contributed by atoms with van der Waals surface area (Å²) in [6.07, 6.45) is 0. The number of piperazine rings is 2. The Kier molecular flexibility index (Phi) is 12.8. The highest BCUT2D eigenvalue weighted by Gasteiger charge is 2.21. The number of aromatic amines is 2. The minimum atomic E-state index is -0.399. The molecule has 6 aromatic carbocycles. The van der Waals surface area contributed by atoms with Crippen molar-refractivity contribution in [3.8, 4) is 22.3 Å². The molecule has 2 aliphatic heterocycles. The van der Waals surface area contributed by atoms with Crippen LogP contribution in [-0.4, -0.2) is 67.2 Å². The summed E-state index contributed by atoms with van der Waals surface area (Å²) >= 11 is 3.46. The molecule has 0 amide bonds. The molecule has 10 nitrogen and oxygen atoms in total. The molecule has 59 heavy (non-hydrogen) atoms. The van der Waals surface area contributed by atoms with E-state index in [1.807, 2.05) is 48.5 Å². The van der Waals surface area contributed by atoms with Gasteiger partial charge in [-0.1, -0.05) is 131 Å². The minimum absolute atomic E-state index is 0.391. The van der Waals surface area contributed by atoms with E-state index in [1.165, 1.54) is 33.4 Å². The van der Waals surface area contributed by atoms with Crippen LogP contribution in [0.15, 0.2) is 164 Å². The third-order valence-corrected chi connectivity index (χ3v) is 11.3. The molecule has 11 heteroatoms. The van der Waals surface area contributed by atoms with Gasteiger partial charge in [-0.25, -0.2) is 9.59 Å². The molecular formula is C48H47BrN6O4. The highest BCUT2D eigenvalue weighted by molar-refractivity contribution is 9.08. The molecule has 0 aliphatic carbocycles. The molecule has 8 aromatic rings. The smallest absolute Gasteiger partial charge is 0.406 e. The normalized spacial score (nSPS) is 14.4. The summed E-state index contributed by atoms with van der Waals surface area (Å²) in [5.74, 6) is -0.790. The van der Waals surface area contributed by atoms with Crippen LogP contribution in [0, 0.1) is 0 Å². The van der Waals surface area contributed by atoms with Crippen molar-refractivity contribution in [3.05, 3.63) is 178 Å². The number of oxazole rings is 2. The van der Waals surface area contributed by atoms with Gasteiger partial charge in [0.05, 0.1) is 22.4 Å². The molecule has 2 aliphatic rings. The molecule has 2 saturated heterocycles. The van der Waals surface area contributed by atoms with Gasteiger partial charge in [-0.3, -0.25) is 14.9 Å². The quantitative estimate of drug-likeness (QED) is 0.136. The van der Waals surface area contributed by atoms with E-state index in [4.69, 9.17) is 8.83 Å². The number of alkyl halides is 1. The molecule has 0 saturated carbocycles. The zero-order chi connectivity index (χ0) is 40.4. The average Bonchev–Trinajstić information content (AvgIpc) is 3.89. The molecule has 0 bridgehead atoms. The van der Waals surface area contributed by atoms with E-state index in [-0.39, 0.29) is 0 Å². The molecule has 2 fully saturated rings. The third kappa shape index (κ3) is 9.94. The van der Waals surface area contributed by atoms with Crippen LogP contribution >= 0.6 is 15.9 Å². The molecule has 0 spiro atoms. The monoisotopic (exact) mass is 850 g/mol. The van der Waals surface area contributed by atoms with Crippen molar-refractivity contribution in [2.45, 2.75) is 11.9 Å². The molecule has 300 valence electrons. The number of para-hydroxylation sites is 2. The maximum absolute atomic E-state index is 11.6. The van der Waals surface area contributed by atoms with Gasteiger partial charge in [-0.15, -0.1) is 0 Å². The first-order chi connectivity index (χ1) is 29.0. The lowest BCUT2D eigenvalue weighted by molar-refractivity contribution is 0.250. The fourth-order valence-electron chi connectivity index (χ4n) is 7.67. The third-order valence-electron chi connectivity index (χ3n) is 10.7. The van der Waals surface area contributed by atoms with Crippen LogP contribution in [-0.2, 0) is 11.9 Å². The van der Waals surface area contributed by atoms with E-state index in [2.05, 4.69) is 143 Å². The molecule has 3 N–H and O–H groups in total. The van der Waals surface area contributed by atoms with Crippen LogP contribution in [0.25, 0.3) is 44.5 Å². The largest absolute Gasteiger partial charge is 0.417 e. The fourth-order valence-corrected chi connectivity index (χ4v) is 8.02. The number of rotatable bonds is 7. The number of fused-ring (bicyclic) bond motifs is 2. The second kappa shape index (κ2) is 19.1. The first-order valence-electron chi connectivity index (χ1n) is 20.0. The van der Waals surface area contributed by atoms with Crippen LogP contribution in [0.1, 0.15) is 11.1 Å². The maximum atomic E-state index is 11.6. The molecule has 4 heterocycles. The Morgan fingerprint density at radius 3 is 1.47 bits per heavy atom. The summed E-state index contributed by atoms with van der Waals surface area (Å²) in [7, 11) is 0. The number of benzene rings is 6. The SMILES string of the molecule is BrCc1cccc(-c2ccccc2)c1.O=c1[nH]c2cccc(N3CCN(Cc4cccc(-c5ccccc5)c4)CC3)c2o1.O=c1[nH]c2cccc(N3CCNCC3)c2o1.